The first-order valence-corrected chi connectivity index (χ1v) is 6.61. The number of thiophene rings is 1. The number of ether oxygens (including phenoxy) is 1. The molecule has 5 heteroatoms. The molecule has 1 aromatic carbocycles. The van der Waals surface area contributed by atoms with Crippen LogP contribution in [-0.2, 0) is 0 Å². The normalized spacial score (nSPS) is 12.4. The molecule has 1 aromatic heterocycles. The van der Waals surface area contributed by atoms with Crippen molar-refractivity contribution < 1.29 is 9.13 Å². The van der Waals surface area contributed by atoms with E-state index in [2.05, 4.69) is 5.32 Å². The zero-order valence-electron chi connectivity index (χ0n) is 10.0. The van der Waals surface area contributed by atoms with Crippen molar-refractivity contribution in [3.05, 3.63) is 50.9 Å². The number of nitrogens with one attached hydrogen (secondary N) is 1. The zero-order valence-corrected chi connectivity index (χ0v) is 11.6. The Morgan fingerprint density at radius 1 is 1.33 bits per heavy atom. The maximum Gasteiger partial charge on any atom is 0.170 e. The molecule has 0 aliphatic rings. The van der Waals surface area contributed by atoms with Crippen LogP contribution in [0.25, 0.3) is 0 Å². The molecule has 1 N–H and O–H groups in total. The smallest absolute Gasteiger partial charge is 0.170 e. The van der Waals surface area contributed by atoms with Crippen LogP contribution < -0.4 is 10.1 Å². The van der Waals surface area contributed by atoms with Gasteiger partial charge in [-0.15, -0.1) is 11.3 Å². The number of rotatable bonds is 4. The molecular formula is C13H13ClFNOS. The van der Waals surface area contributed by atoms with Gasteiger partial charge in [0.1, 0.15) is 0 Å². The fraction of sp³-hybridized carbons (Fsp3) is 0.231. The molecular weight excluding hydrogens is 273 g/mol. The Balaban J connectivity index is 2.45. The number of hydrogen-bond donors (Lipinski definition) is 1. The first-order valence-electron chi connectivity index (χ1n) is 5.42. The van der Waals surface area contributed by atoms with E-state index in [1.165, 1.54) is 18.4 Å². The second kappa shape index (κ2) is 5.69. The molecule has 1 heterocycles. The molecule has 0 aliphatic carbocycles. The number of benzene rings is 1. The average Bonchev–Trinajstić information content (AvgIpc) is 2.79. The van der Waals surface area contributed by atoms with Gasteiger partial charge in [-0.1, -0.05) is 23.7 Å². The molecule has 2 rings (SSSR count). The molecule has 0 radical (unpaired) electrons. The molecule has 0 saturated heterocycles. The molecule has 0 amide bonds. The number of methoxy groups -OCH3 is 1. The first kappa shape index (κ1) is 13.3. The van der Waals surface area contributed by atoms with Crippen molar-refractivity contribution in [2.75, 3.05) is 14.2 Å². The highest BCUT2D eigenvalue weighted by Gasteiger charge is 2.20. The Morgan fingerprint density at radius 2 is 2.11 bits per heavy atom. The molecule has 0 bridgehead atoms. The minimum absolute atomic E-state index is 0.224. The van der Waals surface area contributed by atoms with Crippen molar-refractivity contribution in [1.29, 1.82) is 0 Å². The SMILES string of the molecule is CNC(c1ccc(Cl)s1)c1cccc(OC)c1F. The van der Waals surface area contributed by atoms with Crippen molar-refractivity contribution in [2.45, 2.75) is 6.04 Å². The Hall–Kier alpha value is -1.10. The van der Waals surface area contributed by atoms with Crippen LogP contribution in [0.15, 0.2) is 30.3 Å². The summed E-state index contributed by atoms with van der Waals surface area (Å²) in [5, 5.41) is 3.10. The summed E-state index contributed by atoms with van der Waals surface area (Å²) in [6.45, 7) is 0. The quantitative estimate of drug-likeness (QED) is 0.921. The van der Waals surface area contributed by atoms with Crippen LogP contribution in [0.1, 0.15) is 16.5 Å². The van der Waals surface area contributed by atoms with Crippen LogP contribution in [0.3, 0.4) is 0 Å². The van der Waals surface area contributed by atoms with Gasteiger partial charge < -0.3 is 10.1 Å². The van der Waals surface area contributed by atoms with Crippen molar-refractivity contribution in [2.24, 2.45) is 0 Å². The molecule has 0 spiro atoms. The van der Waals surface area contributed by atoms with Crippen LogP contribution in [-0.4, -0.2) is 14.2 Å². The van der Waals surface area contributed by atoms with Gasteiger partial charge in [-0.25, -0.2) is 4.39 Å². The monoisotopic (exact) mass is 285 g/mol. The maximum atomic E-state index is 14.2. The minimum Gasteiger partial charge on any atom is -0.494 e. The summed E-state index contributed by atoms with van der Waals surface area (Å²) in [5.74, 6) is -0.0979. The summed E-state index contributed by atoms with van der Waals surface area (Å²) in [6.07, 6.45) is 0. The summed E-state index contributed by atoms with van der Waals surface area (Å²) in [7, 11) is 3.25. The number of halogens is 2. The lowest BCUT2D eigenvalue weighted by atomic mass is 10.0. The van der Waals surface area contributed by atoms with Crippen LogP contribution in [0.2, 0.25) is 4.34 Å². The Labute approximate surface area is 114 Å². The third-order valence-electron chi connectivity index (χ3n) is 2.69. The topological polar surface area (TPSA) is 21.3 Å². The third-order valence-corrected chi connectivity index (χ3v) is 3.99. The molecule has 1 unspecified atom stereocenters. The summed E-state index contributed by atoms with van der Waals surface area (Å²) < 4.78 is 19.9. The summed E-state index contributed by atoms with van der Waals surface area (Å²) in [4.78, 5) is 0.967. The van der Waals surface area contributed by atoms with Gasteiger partial charge in [-0.3, -0.25) is 0 Å². The van der Waals surface area contributed by atoms with Crippen LogP contribution in [0, 0.1) is 5.82 Å². The van der Waals surface area contributed by atoms with Gasteiger partial charge in [-0.05, 0) is 25.2 Å². The third kappa shape index (κ3) is 2.51. The van der Waals surface area contributed by atoms with E-state index in [-0.39, 0.29) is 17.6 Å². The summed E-state index contributed by atoms with van der Waals surface area (Å²) >= 11 is 7.35. The largest absolute Gasteiger partial charge is 0.494 e. The first-order chi connectivity index (χ1) is 8.67. The maximum absolute atomic E-state index is 14.2. The van der Waals surface area contributed by atoms with Crippen LogP contribution >= 0.6 is 22.9 Å². The fourth-order valence-corrected chi connectivity index (χ4v) is 3.03. The van der Waals surface area contributed by atoms with Gasteiger partial charge in [-0.2, -0.15) is 0 Å². The van der Waals surface area contributed by atoms with Crippen molar-refractivity contribution in [3.63, 3.8) is 0 Å². The Bertz CT molecular complexity index is 544. The molecule has 1 atom stereocenters. The molecule has 0 aliphatic heterocycles. The van der Waals surface area contributed by atoms with Gasteiger partial charge in [0.05, 0.1) is 17.5 Å². The van der Waals surface area contributed by atoms with Gasteiger partial charge in [0.15, 0.2) is 11.6 Å². The van der Waals surface area contributed by atoms with Gasteiger partial charge in [0, 0.05) is 10.4 Å². The van der Waals surface area contributed by atoms with Gasteiger partial charge >= 0.3 is 0 Å². The lowest BCUT2D eigenvalue weighted by Gasteiger charge is -2.17. The van der Waals surface area contributed by atoms with E-state index in [9.17, 15) is 4.39 Å². The van der Waals surface area contributed by atoms with Gasteiger partial charge in [0.25, 0.3) is 0 Å². The van der Waals surface area contributed by atoms with Gasteiger partial charge in [0.2, 0.25) is 0 Å². The van der Waals surface area contributed by atoms with E-state index in [1.807, 2.05) is 12.1 Å². The fourth-order valence-electron chi connectivity index (χ4n) is 1.84. The van der Waals surface area contributed by atoms with E-state index in [0.29, 0.717) is 9.90 Å². The van der Waals surface area contributed by atoms with E-state index < -0.39 is 0 Å². The van der Waals surface area contributed by atoms with E-state index in [4.69, 9.17) is 16.3 Å². The van der Waals surface area contributed by atoms with Crippen molar-refractivity contribution in [3.8, 4) is 5.75 Å². The molecule has 18 heavy (non-hydrogen) atoms. The molecule has 2 nitrogen and oxygen atoms in total. The Kier molecular flexibility index (Phi) is 4.22. The van der Waals surface area contributed by atoms with Crippen LogP contribution in [0.4, 0.5) is 4.39 Å². The van der Waals surface area contributed by atoms with Crippen molar-refractivity contribution in [1.82, 2.24) is 5.32 Å². The standard InChI is InChI=1S/C13H13ClFNOS/c1-16-13(10-6-7-11(14)18-10)8-4-3-5-9(17-2)12(8)15/h3-7,13,16H,1-2H3. The number of hydrogen-bond acceptors (Lipinski definition) is 3. The lowest BCUT2D eigenvalue weighted by molar-refractivity contribution is 0.382. The predicted molar refractivity (Wildman–Crippen MR) is 73.2 cm³/mol. The second-order valence-electron chi connectivity index (χ2n) is 3.73. The van der Waals surface area contributed by atoms with E-state index in [1.54, 1.807) is 25.2 Å². The van der Waals surface area contributed by atoms with E-state index in [0.717, 1.165) is 4.88 Å². The summed E-state index contributed by atoms with van der Waals surface area (Å²) in [5.41, 5.74) is 0.551. The molecule has 96 valence electrons. The second-order valence-corrected chi connectivity index (χ2v) is 5.47. The molecule has 0 fully saturated rings. The lowest BCUT2D eigenvalue weighted by Crippen LogP contribution is -2.18. The van der Waals surface area contributed by atoms with Crippen LogP contribution in [0.5, 0.6) is 5.75 Å². The Morgan fingerprint density at radius 3 is 2.67 bits per heavy atom. The molecule has 0 saturated carbocycles. The predicted octanol–water partition coefficient (Wildman–Crippen LogP) is 3.86. The highest BCUT2D eigenvalue weighted by atomic mass is 35.5. The average molecular weight is 286 g/mol. The minimum atomic E-state index is -0.344. The zero-order chi connectivity index (χ0) is 13.1. The highest BCUT2D eigenvalue weighted by molar-refractivity contribution is 7.16. The van der Waals surface area contributed by atoms with E-state index >= 15 is 0 Å². The van der Waals surface area contributed by atoms with Crippen molar-refractivity contribution >= 4 is 22.9 Å². The highest BCUT2D eigenvalue weighted by Crippen LogP contribution is 2.34. The molecule has 2 aromatic rings. The summed E-state index contributed by atoms with van der Waals surface area (Å²) in [6, 6.07) is 8.60.